The maximum absolute atomic E-state index is 6.07. The fourth-order valence-corrected chi connectivity index (χ4v) is 9.58. The molecule has 0 amide bonds. The number of oxazole rings is 2. The monoisotopic (exact) mass is 1020 g/mol. The molecular formula is C54H40BBrN8O4S2. The minimum atomic E-state index is -0.382. The highest BCUT2D eigenvalue weighted by molar-refractivity contribution is 9.10. The first kappa shape index (κ1) is 45.1. The van der Waals surface area contributed by atoms with Gasteiger partial charge in [-0.05, 0) is 122 Å². The minimum Gasteiger partial charge on any atom is -0.435 e. The molecule has 0 radical (unpaired) electrons. The fraction of sp³-hybridized carbons (Fsp3) is 0.111. The van der Waals surface area contributed by atoms with Crippen molar-refractivity contribution in [3.8, 4) is 55.7 Å². The number of pyridine rings is 4. The van der Waals surface area contributed by atoms with E-state index < -0.39 is 0 Å². The topological polar surface area (TPSA) is 148 Å². The van der Waals surface area contributed by atoms with Gasteiger partial charge in [0.2, 0.25) is 11.8 Å². The largest absolute Gasteiger partial charge is 0.496 e. The molecular weight excluding hydrogens is 979 g/mol. The highest BCUT2D eigenvalue weighted by Crippen LogP contribution is 2.37. The standard InChI is InChI=1S/C24H14N4OS.C18H19BN2O2S.C12H7BrN2O/c1-3-7-21-17(5-1)27-23(29-21)19-11-9-15(13-25-19)16-10-12-20(26-14-16)24-28-18-6-2-4-8-22(18)30-24;1-17(2)18(3,4)23-19(22-17)12-9-10-14(20-11-12)16-21-13-7-5-6-8-15(13)24-16;13-8-5-6-10(14-7-8)12-15-9-3-1-2-4-11(9)16-12/h1-14H;5-11H,1-4H3;1-7H. The molecule has 0 spiro atoms. The summed E-state index contributed by atoms with van der Waals surface area (Å²) in [5.41, 5.74) is 10.6. The first-order valence-electron chi connectivity index (χ1n) is 22.3. The summed E-state index contributed by atoms with van der Waals surface area (Å²) in [7, 11) is -0.382. The van der Waals surface area contributed by atoms with Gasteiger partial charge in [-0.15, -0.1) is 22.7 Å². The van der Waals surface area contributed by atoms with Gasteiger partial charge in [-0.3, -0.25) is 19.9 Å². The Kier molecular flexibility index (Phi) is 12.2. The Morgan fingerprint density at radius 2 is 0.857 bits per heavy atom. The van der Waals surface area contributed by atoms with Crippen molar-refractivity contribution in [2.24, 2.45) is 0 Å². The first-order chi connectivity index (χ1) is 34.0. The third kappa shape index (κ3) is 9.39. The predicted molar refractivity (Wildman–Crippen MR) is 283 cm³/mol. The van der Waals surface area contributed by atoms with Crippen LogP contribution in [0.4, 0.5) is 0 Å². The van der Waals surface area contributed by atoms with Gasteiger partial charge in [0.25, 0.3) is 0 Å². The highest BCUT2D eigenvalue weighted by Gasteiger charge is 2.51. The summed E-state index contributed by atoms with van der Waals surface area (Å²) in [6, 6.07) is 47.4. The lowest BCUT2D eigenvalue weighted by Crippen LogP contribution is -2.41. The second-order valence-corrected chi connectivity index (χ2v) is 20.2. The van der Waals surface area contributed by atoms with Gasteiger partial charge in [0.05, 0.1) is 43.0 Å². The molecule has 70 heavy (non-hydrogen) atoms. The molecule has 13 rings (SSSR count). The van der Waals surface area contributed by atoms with Gasteiger partial charge >= 0.3 is 7.12 Å². The highest BCUT2D eigenvalue weighted by atomic mass is 79.9. The van der Waals surface area contributed by atoms with E-state index in [0.29, 0.717) is 17.5 Å². The summed E-state index contributed by atoms with van der Waals surface area (Å²) in [6.07, 6.45) is 7.23. The van der Waals surface area contributed by atoms with Crippen molar-refractivity contribution in [2.75, 3.05) is 0 Å². The maximum Gasteiger partial charge on any atom is 0.496 e. The van der Waals surface area contributed by atoms with Gasteiger partial charge in [0, 0.05) is 45.8 Å². The molecule has 0 aliphatic carbocycles. The average molecular weight is 1020 g/mol. The van der Waals surface area contributed by atoms with Gasteiger partial charge in [0.1, 0.15) is 32.4 Å². The van der Waals surface area contributed by atoms with Crippen molar-refractivity contribution < 1.29 is 18.1 Å². The molecule has 9 heterocycles. The SMILES string of the molecule is Brc1ccc(-c2nc3ccccc3o2)nc1.CC1(C)OB(c2ccc(-c3nc4ccccc4s3)nc2)OC1(C)C.c1ccc2oc(-c3ccc(-c4ccc(-c5nc6ccccc6s5)nc4)cn3)nc2c1. The molecule has 0 N–H and O–H groups in total. The zero-order valence-corrected chi connectivity index (χ0v) is 41.4. The summed E-state index contributed by atoms with van der Waals surface area (Å²) < 4.78 is 26.8. The Bertz CT molecular complexity index is 3500. The number of hydrogen-bond donors (Lipinski definition) is 0. The summed E-state index contributed by atoms with van der Waals surface area (Å²) in [5, 5.41) is 1.85. The van der Waals surface area contributed by atoms with E-state index in [1.54, 1.807) is 28.9 Å². The summed E-state index contributed by atoms with van der Waals surface area (Å²) in [6.45, 7) is 8.21. The fourth-order valence-electron chi connectivity index (χ4n) is 7.46. The third-order valence-corrected chi connectivity index (χ3v) is 14.5. The van der Waals surface area contributed by atoms with Crippen molar-refractivity contribution in [3.05, 3.63) is 175 Å². The number of fused-ring (bicyclic) bond motifs is 4. The van der Waals surface area contributed by atoms with E-state index in [1.807, 2.05) is 152 Å². The van der Waals surface area contributed by atoms with Crippen molar-refractivity contribution in [1.82, 2.24) is 39.9 Å². The number of aromatic nitrogens is 8. The Hall–Kier alpha value is -7.34. The molecule has 1 fully saturated rings. The van der Waals surface area contributed by atoms with E-state index in [1.165, 1.54) is 4.70 Å². The average Bonchev–Trinajstić information content (AvgIpc) is 4.24. The molecule has 0 bridgehead atoms. The van der Waals surface area contributed by atoms with E-state index >= 15 is 0 Å². The lowest BCUT2D eigenvalue weighted by molar-refractivity contribution is 0.00578. The van der Waals surface area contributed by atoms with Crippen LogP contribution in [0.5, 0.6) is 0 Å². The van der Waals surface area contributed by atoms with E-state index in [2.05, 4.69) is 95.6 Å². The molecule has 0 unspecified atom stereocenters. The number of nitrogens with zero attached hydrogens (tertiary/aromatic N) is 8. The Morgan fingerprint density at radius 3 is 1.29 bits per heavy atom. The second kappa shape index (κ2) is 18.9. The van der Waals surface area contributed by atoms with Gasteiger partial charge in [-0.25, -0.2) is 19.9 Å². The number of para-hydroxylation sites is 6. The second-order valence-electron chi connectivity index (χ2n) is 17.2. The lowest BCUT2D eigenvalue weighted by atomic mass is 9.80. The number of benzene rings is 4. The van der Waals surface area contributed by atoms with Crippen LogP contribution in [0.25, 0.3) is 98.3 Å². The van der Waals surface area contributed by atoms with Gasteiger partial charge in [0.15, 0.2) is 11.2 Å². The van der Waals surface area contributed by atoms with Crippen LogP contribution in [-0.2, 0) is 9.31 Å². The van der Waals surface area contributed by atoms with E-state index in [9.17, 15) is 0 Å². The van der Waals surface area contributed by atoms with Crippen molar-refractivity contribution in [1.29, 1.82) is 0 Å². The zero-order chi connectivity index (χ0) is 47.8. The molecule has 16 heteroatoms. The van der Waals surface area contributed by atoms with Gasteiger partial charge < -0.3 is 18.1 Å². The molecule has 1 aliphatic rings. The molecule has 12 nitrogen and oxygen atoms in total. The van der Waals surface area contributed by atoms with E-state index in [-0.39, 0.29) is 18.3 Å². The van der Waals surface area contributed by atoms with Crippen molar-refractivity contribution >= 4 is 93.8 Å². The van der Waals surface area contributed by atoms with Crippen LogP contribution in [0.3, 0.4) is 0 Å². The zero-order valence-electron chi connectivity index (χ0n) is 38.1. The maximum atomic E-state index is 6.07. The molecule has 4 aromatic carbocycles. The number of thiazole rings is 2. The van der Waals surface area contributed by atoms with Crippen LogP contribution in [0.1, 0.15) is 27.7 Å². The quantitative estimate of drug-likeness (QED) is 0.146. The molecule has 342 valence electrons. The van der Waals surface area contributed by atoms with Crippen LogP contribution >= 0.6 is 38.6 Å². The smallest absolute Gasteiger partial charge is 0.435 e. The molecule has 0 atom stereocenters. The summed E-state index contributed by atoms with van der Waals surface area (Å²) in [5.74, 6) is 1.07. The van der Waals surface area contributed by atoms with Crippen LogP contribution in [0.15, 0.2) is 184 Å². The Morgan fingerprint density at radius 1 is 0.429 bits per heavy atom. The van der Waals surface area contributed by atoms with Crippen LogP contribution in [0, 0.1) is 0 Å². The van der Waals surface area contributed by atoms with E-state index in [4.69, 9.17) is 18.1 Å². The minimum absolute atomic E-state index is 0.344. The van der Waals surface area contributed by atoms with Crippen LogP contribution in [-0.4, -0.2) is 58.2 Å². The van der Waals surface area contributed by atoms with Crippen molar-refractivity contribution in [2.45, 2.75) is 38.9 Å². The number of rotatable bonds is 6. The molecule has 8 aromatic heterocycles. The Labute approximate surface area is 418 Å². The van der Waals surface area contributed by atoms with Crippen LogP contribution in [0.2, 0.25) is 0 Å². The molecule has 0 saturated carbocycles. The molecule has 12 aromatic rings. The van der Waals surface area contributed by atoms with Crippen molar-refractivity contribution in [3.63, 3.8) is 0 Å². The number of halogens is 1. The van der Waals surface area contributed by atoms with Gasteiger partial charge in [-0.1, -0.05) is 66.7 Å². The normalized spacial score (nSPS) is 13.9. The lowest BCUT2D eigenvalue weighted by Gasteiger charge is -2.32. The number of hydrogen-bond acceptors (Lipinski definition) is 14. The summed E-state index contributed by atoms with van der Waals surface area (Å²) in [4.78, 5) is 36.2. The van der Waals surface area contributed by atoms with E-state index in [0.717, 1.165) is 86.1 Å². The van der Waals surface area contributed by atoms with Gasteiger partial charge in [-0.2, -0.15) is 0 Å². The molecule has 1 aliphatic heterocycles. The van der Waals surface area contributed by atoms with Crippen LogP contribution < -0.4 is 5.46 Å². The molecule has 1 saturated heterocycles. The third-order valence-electron chi connectivity index (χ3n) is 12.0. The predicted octanol–water partition coefficient (Wildman–Crippen LogP) is 13.5. The first-order valence-corrected chi connectivity index (χ1v) is 24.7. The summed E-state index contributed by atoms with van der Waals surface area (Å²) >= 11 is 6.64. The Balaban J connectivity index is 0.000000120.